The highest BCUT2D eigenvalue weighted by Gasteiger charge is 2.21. The van der Waals surface area contributed by atoms with Crippen LogP contribution in [-0.2, 0) is 4.79 Å². The number of aromatic nitrogens is 2. The minimum absolute atomic E-state index is 0.00397. The zero-order valence-corrected chi connectivity index (χ0v) is 19.5. The van der Waals surface area contributed by atoms with Crippen molar-refractivity contribution in [3.05, 3.63) is 99.8 Å². The molecule has 1 saturated carbocycles. The summed E-state index contributed by atoms with van der Waals surface area (Å²) < 4.78 is 0. The lowest BCUT2D eigenvalue weighted by molar-refractivity contribution is -0.120. The number of nitrogens with zero attached hydrogens (tertiary/aromatic N) is 2. The molecule has 166 valence electrons. The number of nitrogens with one attached hydrogen (secondary N) is 1. The van der Waals surface area contributed by atoms with Crippen LogP contribution in [0.2, 0.25) is 10.0 Å². The van der Waals surface area contributed by atoms with Crippen molar-refractivity contribution in [2.75, 3.05) is 5.32 Å². The van der Waals surface area contributed by atoms with Gasteiger partial charge in [-0.2, -0.15) is 0 Å². The lowest BCUT2D eigenvalue weighted by Gasteiger charge is -2.24. The Hall–Kier alpha value is -2.95. The number of anilines is 1. The molecule has 6 heteroatoms. The zero-order chi connectivity index (χ0) is 22.8. The van der Waals surface area contributed by atoms with Gasteiger partial charge in [0.25, 0.3) is 0 Å². The summed E-state index contributed by atoms with van der Waals surface area (Å²) in [5.74, 6) is 1.16. The molecule has 1 aliphatic rings. The van der Waals surface area contributed by atoms with Crippen LogP contribution in [0.3, 0.4) is 0 Å². The molecule has 3 aromatic carbocycles. The van der Waals surface area contributed by atoms with Gasteiger partial charge in [-0.15, -0.1) is 0 Å². The number of ketones is 1. The Morgan fingerprint density at radius 1 is 0.788 bits per heavy atom. The first-order chi connectivity index (χ1) is 16.1. The van der Waals surface area contributed by atoms with E-state index >= 15 is 0 Å². The van der Waals surface area contributed by atoms with Crippen LogP contribution in [0.1, 0.15) is 48.3 Å². The maximum Gasteiger partial charge on any atom is 0.137 e. The Morgan fingerprint density at radius 2 is 1.36 bits per heavy atom. The third kappa shape index (κ3) is 4.87. The van der Waals surface area contributed by atoms with Crippen molar-refractivity contribution in [2.45, 2.75) is 37.6 Å². The van der Waals surface area contributed by atoms with Gasteiger partial charge in [-0.05, 0) is 65.9 Å². The van der Waals surface area contributed by atoms with Gasteiger partial charge in [0.2, 0.25) is 0 Å². The Morgan fingerprint density at radius 3 is 1.97 bits per heavy atom. The summed E-state index contributed by atoms with van der Waals surface area (Å²) in [7, 11) is 0. The molecule has 0 atom stereocenters. The third-order valence-electron chi connectivity index (χ3n) is 6.28. The molecular weight excluding hydrogens is 453 g/mol. The molecule has 0 saturated heterocycles. The fourth-order valence-corrected chi connectivity index (χ4v) is 4.79. The van der Waals surface area contributed by atoms with Crippen molar-refractivity contribution < 1.29 is 4.79 Å². The summed E-state index contributed by atoms with van der Waals surface area (Å²) in [6, 6.07) is 22.5. The van der Waals surface area contributed by atoms with Crippen molar-refractivity contribution in [1.29, 1.82) is 0 Å². The standard InChI is InChI=1S/C27H23Cl2N3O/c28-20-6-1-17(2-7-20)26(18-3-8-21(29)9-4-18)19-5-14-25-24(15-19)27(31-16-30-25)32-22-10-12-23(33)13-11-22/h1-9,14-16,22,26H,10-13H2,(H,30,31,32). The summed E-state index contributed by atoms with van der Waals surface area (Å²) in [5.41, 5.74) is 4.29. The van der Waals surface area contributed by atoms with Gasteiger partial charge in [-0.3, -0.25) is 4.79 Å². The van der Waals surface area contributed by atoms with E-state index in [1.54, 1.807) is 6.33 Å². The van der Waals surface area contributed by atoms with Crippen LogP contribution in [0.25, 0.3) is 10.9 Å². The smallest absolute Gasteiger partial charge is 0.137 e. The van der Waals surface area contributed by atoms with Crippen LogP contribution in [0, 0.1) is 0 Å². The predicted octanol–water partition coefficient (Wildman–Crippen LogP) is 7.04. The van der Waals surface area contributed by atoms with Crippen LogP contribution in [-0.4, -0.2) is 21.8 Å². The first-order valence-electron chi connectivity index (χ1n) is 11.1. The SMILES string of the molecule is O=C1CCC(Nc2ncnc3ccc(C(c4ccc(Cl)cc4)c4ccc(Cl)cc4)cc23)CC1. The van der Waals surface area contributed by atoms with E-state index in [1.807, 2.05) is 30.3 Å². The van der Waals surface area contributed by atoms with E-state index in [2.05, 4.69) is 51.7 Å². The van der Waals surface area contributed by atoms with Gasteiger partial charge in [-0.25, -0.2) is 9.97 Å². The molecule has 1 aromatic heterocycles. The van der Waals surface area contributed by atoms with Crippen LogP contribution in [0.5, 0.6) is 0 Å². The highest BCUT2D eigenvalue weighted by atomic mass is 35.5. The fraction of sp³-hybridized carbons (Fsp3) is 0.222. The lowest BCUT2D eigenvalue weighted by Crippen LogP contribution is -2.26. The number of carbonyl (C=O) groups excluding carboxylic acids is 1. The van der Waals surface area contributed by atoms with Gasteiger partial charge in [0, 0.05) is 40.2 Å². The Labute approximate surface area is 203 Å². The molecule has 0 spiro atoms. The minimum atomic E-state index is 0.00397. The van der Waals surface area contributed by atoms with Gasteiger partial charge in [0.05, 0.1) is 5.52 Å². The molecule has 0 radical (unpaired) electrons. The minimum Gasteiger partial charge on any atom is -0.367 e. The van der Waals surface area contributed by atoms with Crippen molar-refractivity contribution in [3.63, 3.8) is 0 Å². The molecule has 33 heavy (non-hydrogen) atoms. The summed E-state index contributed by atoms with van der Waals surface area (Å²) >= 11 is 12.3. The van der Waals surface area contributed by atoms with E-state index in [0.717, 1.165) is 46.3 Å². The maximum absolute atomic E-state index is 11.6. The van der Waals surface area contributed by atoms with Crippen LogP contribution < -0.4 is 5.32 Å². The molecule has 0 bridgehead atoms. The Balaban J connectivity index is 1.57. The van der Waals surface area contributed by atoms with Crippen molar-refractivity contribution in [1.82, 2.24) is 9.97 Å². The fourth-order valence-electron chi connectivity index (χ4n) is 4.53. The second-order valence-corrected chi connectivity index (χ2v) is 9.37. The van der Waals surface area contributed by atoms with Crippen LogP contribution in [0.15, 0.2) is 73.1 Å². The normalized spacial score (nSPS) is 14.7. The Bertz CT molecular complexity index is 1230. The first kappa shape index (κ1) is 21.9. The van der Waals surface area contributed by atoms with Crippen LogP contribution >= 0.6 is 23.2 Å². The van der Waals surface area contributed by atoms with E-state index < -0.39 is 0 Å². The van der Waals surface area contributed by atoms with Crippen molar-refractivity contribution in [3.8, 4) is 0 Å². The molecule has 1 heterocycles. The molecule has 0 amide bonds. The average molecular weight is 476 g/mol. The molecule has 1 aliphatic carbocycles. The molecular formula is C27H23Cl2N3O. The van der Waals surface area contributed by atoms with Gasteiger partial charge >= 0.3 is 0 Å². The molecule has 1 N–H and O–H groups in total. The number of hydrogen-bond donors (Lipinski definition) is 1. The van der Waals surface area contributed by atoms with E-state index in [-0.39, 0.29) is 12.0 Å². The summed E-state index contributed by atoms with van der Waals surface area (Å²) in [6.45, 7) is 0. The third-order valence-corrected chi connectivity index (χ3v) is 6.79. The second-order valence-electron chi connectivity index (χ2n) is 8.49. The number of benzene rings is 3. The largest absolute Gasteiger partial charge is 0.367 e. The number of carbonyl (C=O) groups is 1. The summed E-state index contributed by atoms with van der Waals surface area (Å²) in [5, 5.41) is 5.95. The molecule has 5 rings (SSSR count). The topological polar surface area (TPSA) is 54.9 Å². The highest BCUT2D eigenvalue weighted by molar-refractivity contribution is 6.30. The number of halogens is 2. The lowest BCUT2D eigenvalue weighted by atomic mass is 9.84. The van der Waals surface area contributed by atoms with Crippen molar-refractivity contribution in [2.24, 2.45) is 0 Å². The number of Topliss-reactive ketones (excluding diaryl/α,β-unsaturated/α-hetero) is 1. The van der Waals surface area contributed by atoms with E-state index in [4.69, 9.17) is 23.2 Å². The maximum atomic E-state index is 11.6. The second kappa shape index (κ2) is 9.50. The van der Waals surface area contributed by atoms with E-state index in [9.17, 15) is 4.79 Å². The number of rotatable bonds is 5. The monoisotopic (exact) mass is 475 g/mol. The molecule has 1 fully saturated rings. The van der Waals surface area contributed by atoms with Crippen LogP contribution in [0.4, 0.5) is 5.82 Å². The van der Waals surface area contributed by atoms with Crippen molar-refractivity contribution >= 4 is 45.7 Å². The summed E-state index contributed by atoms with van der Waals surface area (Å²) in [6.07, 6.45) is 4.51. The van der Waals surface area contributed by atoms with Gasteiger partial charge in [0.15, 0.2) is 0 Å². The zero-order valence-electron chi connectivity index (χ0n) is 18.0. The van der Waals surface area contributed by atoms with E-state index in [0.29, 0.717) is 28.7 Å². The molecule has 4 aromatic rings. The predicted molar refractivity (Wildman–Crippen MR) is 134 cm³/mol. The molecule has 4 nitrogen and oxygen atoms in total. The number of hydrogen-bond acceptors (Lipinski definition) is 4. The van der Waals surface area contributed by atoms with E-state index in [1.165, 1.54) is 0 Å². The summed E-state index contributed by atoms with van der Waals surface area (Å²) in [4.78, 5) is 20.7. The quantitative estimate of drug-likeness (QED) is 0.314. The Kier molecular flexibility index (Phi) is 6.30. The average Bonchev–Trinajstić information content (AvgIpc) is 2.83. The highest BCUT2D eigenvalue weighted by Crippen LogP contribution is 2.35. The molecule has 0 aliphatic heterocycles. The van der Waals surface area contributed by atoms with Gasteiger partial charge in [-0.1, -0.05) is 53.5 Å². The number of fused-ring (bicyclic) bond motifs is 1. The van der Waals surface area contributed by atoms with Gasteiger partial charge in [0.1, 0.15) is 17.9 Å². The first-order valence-corrected chi connectivity index (χ1v) is 11.9. The van der Waals surface area contributed by atoms with Gasteiger partial charge < -0.3 is 5.32 Å². The molecule has 0 unspecified atom stereocenters.